The lowest BCUT2D eigenvalue weighted by Crippen LogP contribution is -1.94. The van der Waals surface area contributed by atoms with Crippen LogP contribution >= 0.6 is 0 Å². The molecule has 63 valence electrons. The van der Waals surface area contributed by atoms with Crippen LogP contribution in [0.3, 0.4) is 0 Å². The summed E-state index contributed by atoms with van der Waals surface area (Å²) >= 11 is 0. The van der Waals surface area contributed by atoms with Crippen molar-refractivity contribution in [1.82, 2.24) is 0 Å². The van der Waals surface area contributed by atoms with Crippen LogP contribution in [0, 0.1) is 19.7 Å². The quantitative estimate of drug-likeness (QED) is 0.587. The topological polar surface area (TPSA) is 0 Å². The van der Waals surface area contributed by atoms with Crippen LogP contribution in [0.15, 0.2) is 30.9 Å². The predicted molar refractivity (Wildman–Crippen MR) is 49.4 cm³/mol. The van der Waals surface area contributed by atoms with Crippen molar-refractivity contribution in [2.45, 2.75) is 12.8 Å². The molecule has 0 bridgehead atoms. The highest BCUT2D eigenvalue weighted by molar-refractivity contribution is 5.30. The second-order valence-corrected chi connectivity index (χ2v) is 2.87. The molecule has 0 nitrogen and oxygen atoms in total. The number of benzene rings is 1. The molecule has 0 aliphatic heterocycles. The molecule has 0 aliphatic rings. The lowest BCUT2D eigenvalue weighted by atomic mass is 9.99. The molecular weight excluding hydrogens is 151 g/mol. The van der Waals surface area contributed by atoms with E-state index in [0.717, 1.165) is 5.56 Å². The van der Waals surface area contributed by atoms with Crippen LogP contribution in [0.5, 0.6) is 0 Å². The zero-order valence-electron chi connectivity index (χ0n) is 7.18. The number of allylic oxidation sites excluding steroid dienone is 1. The average molecular weight is 163 g/mol. The first-order valence-corrected chi connectivity index (χ1v) is 3.87. The van der Waals surface area contributed by atoms with Crippen molar-refractivity contribution in [1.29, 1.82) is 0 Å². The second kappa shape index (κ2) is 3.53. The van der Waals surface area contributed by atoms with Crippen LogP contribution in [0.4, 0.5) is 4.39 Å². The van der Waals surface area contributed by atoms with E-state index in [1.165, 1.54) is 6.07 Å². The van der Waals surface area contributed by atoms with Gasteiger partial charge >= 0.3 is 0 Å². The van der Waals surface area contributed by atoms with Gasteiger partial charge in [-0.15, -0.1) is 6.58 Å². The third-order valence-electron chi connectivity index (χ3n) is 1.84. The summed E-state index contributed by atoms with van der Waals surface area (Å²) < 4.78 is 13.1. The molecule has 12 heavy (non-hydrogen) atoms. The summed E-state index contributed by atoms with van der Waals surface area (Å²) in [4.78, 5) is 0. The SMILES string of the molecule is [CH2]C(C=C)c1cc(C)ccc1F. The van der Waals surface area contributed by atoms with E-state index < -0.39 is 0 Å². The third-order valence-corrected chi connectivity index (χ3v) is 1.84. The van der Waals surface area contributed by atoms with Gasteiger partial charge in [0.1, 0.15) is 5.82 Å². The van der Waals surface area contributed by atoms with Gasteiger partial charge in [-0.3, -0.25) is 0 Å². The fourth-order valence-electron chi connectivity index (χ4n) is 1.07. The van der Waals surface area contributed by atoms with Crippen LogP contribution in [0.25, 0.3) is 0 Å². The molecule has 0 fully saturated rings. The summed E-state index contributed by atoms with van der Waals surface area (Å²) in [5, 5.41) is 0. The molecule has 0 spiro atoms. The molecule has 0 heterocycles. The summed E-state index contributed by atoms with van der Waals surface area (Å²) in [6.45, 7) is 9.28. The molecule has 0 aliphatic carbocycles. The zero-order valence-corrected chi connectivity index (χ0v) is 7.18. The fraction of sp³-hybridized carbons (Fsp3) is 0.182. The van der Waals surface area contributed by atoms with E-state index >= 15 is 0 Å². The first-order valence-electron chi connectivity index (χ1n) is 3.87. The Labute approximate surface area is 72.7 Å². The number of aryl methyl sites for hydroxylation is 1. The Bertz CT molecular complexity index is 289. The normalized spacial score (nSPS) is 12.6. The Hall–Kier alpha value is -1.11. The second-order valence-electron chi connectivity index (χ2n) is 2.87. The Balaban J connectivity index is 3.12. The molecule has 0 aromatic heterocycles. The molecule has 0 saturated carbocycles. The standard InChI is InChI=1S/C11H12F/c1-4-9(3)10-7-8(2)5-6-11(10)12/h4-7,9H,1,3H2,2H3. The van der Waals surface area contributed by atoms with Crippen LogP contribution in [-0.2, 0) is 0 Å². The highest BCUT2D eigenvalue weighted by atomic mass is 19.1. The Morgan fingerprint density at radius 1 is 1.50 bits per heavy atom. The molecule has 0 amide bonds. The molecule has 0 saturated heterocycles. The maximum atomic E-state index is 13.1. The van der Waals surface area contributed by atoms with Crippen molar-refractivity contribution in [3.63, 3.8) is 0 Å². The van der Waals surface area contributed by atoms with E-state index in [4.69, 9.17) is 0 Å². The Kier molecular flexibility index (Phi) is 2.64. The number of rotatable bonds is 2. The van der Waals surface area contributed by atoms with Gasteiger partial charge in [-0.25, -0.2) is 4.39 Å². The van der Waals surface area contributed by atoms with Gasteiger partial charge in [0, 0.05) is 5.92 Å². The van der Waals surface area contributed by atoms with Gasteiger partial charge in [0.25, 0.3) is 0 Å². The first-order chi connectivity index (χ1) is 5.65. The lowest BCUT2D eigenvalue weighted by Gasteiger charge is -2.07. The molecular formula is C11H12F. The van der Waals surface area contributed by atoms with Crippen molar-refractivity contribution in [3.05, 3.63) is 54.7 Å². The van der Waals surface area contributed by atoms with E-state index in [2.05, 4.69) is 13.5 Å². The van der Waals surface area contributed by atoms with Crippen LogP contribution in [-0.4, -0.2) is 0 Å². The third kappa shape index (κ3) is 1.73. The first kappa shape index (κ1) is 8.98. The van der Waals surface area contributed by atoms with Gasteiger partial charge in [-0.05, 0) is 25.5 Å². The largest absolute Gasteiger partial charge is 0.207 e. The fourth-order valence-corrected chi connectivity index (χ4v) is 1.07. The minimum absolute atomic E-state index is 0.162. The van der Waals surface area contributed by atoms with E-state index in [1.807, 2.05) is 6.92 Å². The van der Waals surface area contributed by atoms with Gasteiger partial charge in [-0.1, -0.05) is 23.8 Å². The zero-order chi connectivity index (χ0) is 9.14. The van der Waals surface area contributed by atoms with Crippen molar-refractivity contribution in [2.24, 2.45) is 0 Å². The van der Waals surface area contributed by atoms with Gasteiger partial charge < -0.3 is 0 Å². The van der Waals surface area contributed by atoms with Crippen LogP contribution in [0.1, 0.15) is 17.0 Å². The van der Waals surface area contributed by atoms with E-state index in [1.54, 1.807) is 18.2 Å². The van der Waals surface area contributed by atoms with Crippen LogP contribution in [0.2, 0.25) is 0 Å². The van der Waals surface area contributed by atoms with E-state index in [-0.39, 0.29) is 11.7 Å². The smallest absolute Gasteiger partial charge is 0.127 e. The predicted octanol–water partition coefficient (Wildman–Crippen LogP) is 3.24. The minimum Gasteiger partial charge on any atom is -0.207 e. The molecule has 1 aromatic carbocycles. The summed E-state index contributed by atoms with van der Waals surface area (Å²) in [7, 11) is 0. The summed E-state index contributed by atoms with van der Waals surface area (Å²) in [5.74, 6) is -0.370. The summed E-state index contributed by atoms with van der Waals surface area (Å²) in [6, 6.07) is 5.01. The molecule has 1 atom stereocenters. The molecule has 1 unspecified atom stereocenters. The summed E-state index contributed by atoms with van der Waals surface area (Å²) in [5.41, 5.74) is 1.66. The Morgan fingerprint density at radius 3 is 2.75 bits per heavy atom. The molecule has 1 heteroatoms. The van der Waals surface area contributed by atoms with Crippen molar-refractivity contribution in [3.8, 4) is 0 Å². The molecule has 1 rings (SSSR count). The van der Waals surface area contributed by atoms with E-state index in [9.17, 15) is 4.39 Å². The van der Waals surface area contributed by atoms with Crippen molar-refractivity contribution in [2.75, 3.05) is 0 Å². The lowest BCUT2D eigenvalue weighted by molar-refractivity contribution is 0.609. The Morgan fingerprint density at radius 2 is 2.17 bits per heavy atom. The maximum absolute atomic E-state index is 13.1. The molecule has 0 N–H and O–H groups in total. The average Bonchev–Trinajstić information content (AvgIpc) is 2.08. The highest BCUT2D eigenvalue weighted by Crippen LogP contribution is 2.20. The summed E-state index contributed by atoms with van der Waals surface area (Å²) in [6.07, 6.45) is 1.64. The number of hydrogen-bond donors (Lipinski definition) is 0. The number of hydrogen-bond acceptors (Lipinski definition) is 0. The van der Waals surface area contributed by atoms with Crippen molar-refractivity contribution >= 4 is 0 Å². The molecule has 1 radical (unpaired) electrons. The van der Waals surface area contributed by atoms with Gasteiger partial charge in [-0.2, -0.15) is 0 Å². The monoisotopic (exact) mass is 163 g/mol. The maximum Gasteiger partial charge on any atom is 0.127 e. The van der Waals surface area contributed by atoms with E-state index in [0.29, 0.717) is 5.56 Å². The van der Waals surface area contributed by atoms with Gasteiger partial charge in [0.2, 0.25) is 0 Å². The van der Waals surface area contributed by atoms with Gasteiger partial charge in [0.15, 0.2) is 0 Å². The highest BCUT2D eigenvalue weighted by Gasteiger charge is 2.06. The minimum atomic E-state index is -0.208. The molecule has 1 aromatic rings. The van der Waals surface area contributed by atoms with Crippen molar-refractivity contribution < 1.29 is 4.39 Å². The van der Waals surface area contributed by atoms with Crippen LogP contribution < -0.4 is 0 Å². The van der Waals surface area contributed by atoms with Gasteiger partial charge in [0.05, 0.1) is 0 Å². The number of halogens is 1.